The number of nitrogens with zero attached hydrogens (tertiary/aromatic N) is 4. The smallest absolute Gasteiger partial charge is 0.170 e. The number of halogens is 1. The molecule has 2 aromatic carbocycles. The van der Waals surface area contributed by atoms with E-state index in [4.69, 9.17) is 11.0 Å². The van der Waals surface area contributed by atoms with Crippen LogP contribution < -0.4 is 5.73 Å². The van der Waals surface area contributed by atoms with Crippen molar-refractivity contribution in [1.29, 1.82) is 5.26 Å². The fraction of sp³-hybridized carbons (Fsp3) is 0.100. The Labute approximate surface area is 155 Å². The van der Waals surface area contributed by atoms with Crippen molar-refractivity contribution < 1.29 is 9.18 Å². The van der Waals surface area contributed by atoms with Crippen molar-refractivity contribution in [3.05, 3.63) is 65.2 Å². The summed E-state index contributed by atoms with van der Waals surface area (Å²) in [4.78, 5) is 19.7. The number of imidazole rings is 1. The van der Waals surface area contributed by atoms with Crippen molar-refractivity contribution >= 4 is 17.7 Å². The van der Waals surface area contributed by atoms with Crippen LogP contribution in [0.3, 0.4) is 0 Å². The van der Waals surface area contributed by atoms with Crippen LogP contribution in [0.5, 0.6) is 0 Å². The SMILES string of the molecule is CN=C(C)c1cc(-n2cc(C=O)nc2-c2ccc(C#N)c(F)c2)ccc1N. The van der Waals surface area contributed by atoms with Gasteiger partial charge in [0, 0.05) is 41.5 Å². The van der Waals surface area contributed by atoms with Gasteiger partial charge in [-0.2, -0.15) is 5.26 Å². The highest BCUT2D eigenvalue weighted by Gasteiger charge is 2.15. The zero-order chi connectivity index (χ0) is 19.6. The van der Waals surface area contributed by atoms with Crippen molar-refractivity contribution in [2.24, 2.45) is 4.99 Å². The molecule has 7 heteroatoms. The van der Waals surface area contributed by atoms with E-state index in [2.05, 4.69) is 9.98 Å². The fourth-order valence-electron chi connectivity index (χ4n) is 2.73. The van der Waals surface area contributed by atoms with Crippen LogP contribution >= 0.6 is 0 Å². The van der Waals surface area contributed by atoms with Gasteiger partial charge in [-0.1, -0.05) is 0 Å². The molecule has 3 rings (SSSR count). The van der Waals surface area contributed by atoms with Crippen molar-refractivity contribution in [2.75, 3.05) is 12.8 Å². The summed E-state index contributed by atoms with van der Waals surface area (Å²) in [6, 6.07) is 11.3. The fourth-order valence-corrected chi connectivity index (χ4v) is 2.73. The summed E-state index contributed by atoms with van der Waals surface area (Å²) < 4.78 is 15.7. The molecule has 0 fully saturated rings. The van der Waals surface area contributed by atoms with Gasteiger partial charge in [-0.05, 0) is 43.3 Å². The van der Waals surface area contributed by atoms with E-state index in [-0.39, 0.29) is 11.3 Å². The summed E-state index contributed by atoms with van der Waals surface area (Å²) in [5.41, 5.74) is 9.41. The Kier molecular flexibility index (Phi) is 4.81. The van der Waals surface area contributed by atoms with Crippen molar-refractivity contribution in [3.8, 4) is 23.1 Å². The number of aliphatic imine (C=N–C) groups is 1. The number of nitrogens with two attached hydrogens (primary N) is 1. The summed E-state index contributed by atoms with van der Waals surface area (Å²) in [6.07, 6.45) is 2.18. The minimum absolute atomic E-state index is 0.0583. The third-order valence-corrected chi connectivity index (χ3v) is 4.23. The topological polar surface area (TPSA) is 97.1 Å². The number of aldehydes is 1. The molecule has 1 aromatic heterocycles. The summed E-state index contributed by atoms with van der Waals surface area (Å²) in [5, 5.41) is 8.91. The zero-order valence-electron chi connectivity index (χ0n) is 14.8. The van der Waals surface area contributed by atoms with Crippen molar-refractivity contribution in [3.63, 3.8) is 0 Å². The largest absolute Gasteiger partial charge is 0.398 e. The normalized spacial score (nSPS) is 11.3. The van der Waals surface area contributed by atoms with Gasteiger partial charge in [-0.15, -0.1) is 0 Å². The lowest BCUT2D eigenvalue weighted by Gasteiger charge is -2.12. The molecule has 0 aliphatic heterocycles. The van der Waals surface area contributed by atoms with Crippen molar-refractivity contribution in [1.82, 2.24) is 9.55 Å². The third-order valence-electron chi connectivity index (χ3n) is 4.23. The van der Waals surface area contributed by atoms with Gasteiger partial charge in [0.25, 0.3) is 0 Å². The molecule has 27 heavy (non-hydrogen) atoms. The van der Waals surface area contributed by atoms with Gasteiger partial charge in [0.2, 0.25) is 0 Å². The summed E-state index contributed by atoms with van der Waals surface area (Å²) in [5.74, 6) is -0.272. The van der Waals surface area contributed by atoms with E-state index < -0.39 is 5.82 Å². The van der Waals surface area contributed by atoms with Gasteiger partial charge in [0.1, 0.15) is 23.4 Å². The van der Waals surface area contributed by atoms with Crippen LogP contribution in [0.4, 0.5) is 10.1 Å². The van der Waals surface area contributed by atoms with Gasteiger partial charge < -0.3 is 5.73 Å². The number of anilines is 1. The van der Waals surface area contributed by atoms with Crippen LogP contribution in [-0.2, 0) is 0 Å². The van der Waals surface area contributed by atoms with Gasteiger partial charge >= 0.3 is 0 Å². The Morgan fingerprint density at radius 1 is 1.33 bits per heavy atom. The van der Waals surface area contributed by atoms with Crippen LogP contribution in [0.2, 0.25) is 0 Å². The highest BCUT2D eigenvalue weighted by Crippen LogP contribution is 2.26. The lowest BCUT2D eigenvalue weighted by molar-refractivity contribution is 0.111. The first-order valence-corrected chi connectivity index (χ1v) is 8.06. The molecule has 0 radical (unpaired) electrons. The number of nitrogen functional groups attached to an aromatic ring is 1. The summed E-state index contributed by atoms with van der Waals surface area (Å²) in [7, 11) is 1.67. The standard InChI is InChI=1S/C20H16FN5O/c1-12(24-2)17-8-16(5-6-19(17)23)26-10-15(11-27)25-20(26)13-3-4-14(9-22)18(21)7-13/h3-8,10-11H,23H2,1-2H3. The molecule has 0 aliphatic carbocycles. The number of hydrogen-bond acceptors (Lipinski definition) is 5. The molecule has 0 spiro atoms. The molecule has 0 bridgehead atoms. The number of rotatable bonds is 4. The minimum atomic E-state index is -0.649. The summed E-state index contributed by atoms with van der Waals surface area (Å²) >= 11 is 0. The molecule has 0 unspecified atom stereocenters. The van der Waals surface area contributed by atoms with E-state index in [1.54, 1.807) is 42.1 Å². The third kappa shape index (κ3) is 3.33. The second-order valence-corrected chi connectivity index (χ2v) is 5.86. The maximum absolute atomic E-state index is 14.1. The van der Waals surface area contributed by atoms with E-state index in [1.807, 2.05) is 13.0 Å². The first-order valence-electron chi connectivity index (χ1n) is 8.06. The van der Waals surface area contributed by atoms with Crippen LogP contribution in [0.1, 0.15) is 28.5 Å². The number of carbonyl (C=O) groups is 1. The van der Waals surface area contributed by atoms with E-state index in [9.17, 15) is 9.18 Å². The van der Waals surface area contributed by atoms with Gasteiger partial charge in [-0.3, -0.25) is 14.4 Å². The molecular weight excluding hydrogens is 345 g/mol. The second-order valence-electron chi connectivity index (χ2n) is 5.86. The molecule has 0 atom stereocenters. The van der Waals surface area contributed by atoms with Gasteiger partial charge in [-0.25, -0.2) is 9.37 Å². The van der Waals surface area contributed by atoms with Crippen LogP contribution in [0, 0.1) is 17.1 Å². The first kappa shape index (κ1) is 18.0. The maximum atomic E-state index is 14.1. The summed E-state index contributed by atoms with van der Waals surface area (Å²) in [6.45, 7) is 1.84. The second kappa shape index (κ2) is 7.22. The highest BCUT2D eigenvalue weighted by atomic mass is 19.1. The van der Waals surface area contributed by atoms with Crippen LogP contribution in [0.15, 0.2) is 47.6 Å². The quantitative estimate of drug-likeness (QED) is 0.437. The molecule has 6 nitrogen and oxygen atoms in total. The molecule has 0 saturated heterocycles. The molecule has 0 saturated carbocycles. The van der Waals surface area contributed by atoms with Gasteiger partial charge in [0.15, 0.2) is 6.29 Å². The van der Waals surface area contributed by atoms with E-state index in [0.29, 0.717) is 29.0 Å². The van der Waals surface area contributed by atoms with Crippen LogP contribution in [-0.4, -0.2) is 28.6 Å². The average molecular weight is 361 g/mol. The number of hydrogen-bond donors (Lipinski definition) is 1. The lowest BCUT2D eigenvalue weighted by Crippen LogP contribution is -2.04. The molecule has 0 aliphatic rings. The zero-order valence-corrected chi connectivity index (χ0v) is 14.8. The van der Waals surface area contributed by atoms with Crippen LogP contribution in [0.25, 0.3) is 17.1 Å². The molecule has 1 heterocycles. The Bertz CT molecular complexity index is 1110. The molecule has 134 valence electrons. The van der Waals surface area contributed by atoms with E-state index >= 15 is 0 Å². The Balaban J connectivity index is 2.21. The minimum Gasteiger partial charge on any atom is -0.398 e. The molecule has 2 N–H and O–H groups in total. The van der Waals surface area contributed by atoms with E-state index in [1.165, 1.54) is 12.1 Å². The Morgan fingerprint density at radius 2 is 2.11 bits per heavy atom. The van der Waals surface area contributed by atoms with Crippen molar-refractivity contribution in [2.45, 2.75) is 6.92 Å². The molecule has 3 aromatic rings. The Morgan fingerprint density at radius 3 is 2.74 bits per heavy atom. The van der Waals surface area contributed by atoms with E-state index in [0.717, 1.165) is 11.3 Å². The maximum Gasteiger partial charge on any atom is 0.170 e. The molecular formula is C20H16FN5O. The average Bonchev–Trinajstić information content (AvgIpc) is 3.12. The monoisotopic (exact) mass is 361 g/mol. The number of carbonyl (C=O) groups excluding carboxylic acids is 1. The highest BCUT2D eigenvalue weighted by molar-refractivity contribution is 6.03. The predicted molar refractivity (Wildman–Crippen MR) is 102 cm³/mol. The number of nitriles is 1. The van der Waals surface area contributed by atoms with Gasteiger partial charge in [0.05, 0.1) is 5.56 Å². The lowest BCUT2D eigenvalue weighted by atomic mass is 10.1. The Hall–Kier alpha value is -3.79. The predicted octanol–water partition coefficient (Wildman–Crippen LogP) is 3.38. The number of aromatic nitrogens is 2. The first-order chi connectivity index (χ1) is 13.0. The number of benzene rings is 2. The molecule has 0 amide bonds.